The second-order valence-corrected chi connectivity index (χ2v) is 4.01. The first-order chi connectivity index (χ1) is 5.20. The van der Waals surface area contributed by atoms with Crippen molar-refractivity contribution in [3.05, 3.63) is 0 Å². The quantitative estimate of drug-likeness (QED) is 0.535. The van der Waals surface area contributed by atoms with Gasteiger partial charge in [0.15, 0.2) is 0 Å². The van der Waals surface area contributed by atoms with E-state index in [1.165, 1.54) is 25.7 Å². The Bertz CT molecular complexity index is 70.9. The molecule has 0 heterocycles. The highest BCUT2D eigenvalue weighted by Crippen LogP contribution is 2.15. The maximum Gasteiger partial charge on any atom is 0.0249 e. The molecule has 0 aliphatic heterocycles. The van der Waals surface area contributed by atoms with Gasteiger partial charge in [-0.1, -0.05) is 40.0 Å². The van der Waals surface area contributed by atoms with E-state index in [1.54, 1.807) is 0 Å². The highest BCUT2D eigenvalue weighted by molar-refractivity contribution is 6.18. The molecular weight excluding hydrogens is 156 g/mol. The Morgan fingerprint density at radius 1 is 1.09 bits per heavy atom. The normalized spacial score (nSPS) is 16.4. The molecule has 0 rings (SSSR count). The van der Waals surface area contributed by atoms with Gasteiger partial charge >= 0.3 is 0 Å². The fourth-order valence-corrected chi connectivity index (χ4v) is 1.25. The Labute approximate surface area is 76.3 Å². The van der Waals surface area contributed by atoms with E-state index >= 15 is 0 Å². The van der Waals surface area contributed by atoms with Crippen LogP contribution >= 0.6 is 11.6 Å². The molecule has 0 saturated heterocycles. The number of alkyl halides is 1. The van der Waals surface area contributed by atoms with Gasteiger partial charge in [-0.05, 0) is 18.3 Å². The van der Waals surface area contributed by atoms with Crippen LogP contribution in [0.5, 0.6) is 0 Å². The van der Waals surface area contributed by atoms with Crippen LogP contribution in [0.2, 0.25) is 0 Å². The lowest BCUT2D eigenvalue weighted by molar-refractivity contribution is 0.451. The summed E-state index contributed by atoms with van der Waals surface area (Å²) in [5, 5.41) is 0. The minimum atomic E-state index is 0.709. The summed E-state index contributed by atoms with van der Waals surface area (Å²) < 4.78 is 0. The van der Waals surface area contributed by atoms with Crippen molar-refractivity contribution in [1.29, 1.82) is 0 Å². The van der Waals surface area contributed by atoms with Crippen molar-refractivity contribution in [2.75, 3.05) is 5.88 Å². The summed E-state index contributed by atoms with van der Waals surface area (Å²) in [6.45, 7) is 6.81. The van der Waals surface area contributed by atoms with Gasteiger partial charge in [-0.2, -0.15) is 0 Å². The van der Waals surface area contributed by atoms with E-state index in [0.29, 0.717) is 5.92 Å². The molecule has 0 fully saturated rings. The first kappa shape index (κ1) is 11.3. The molecule has 0 aromatic rings. The SMILES string of the molecule is CC[C@@H](C)CCC[C@H](C)CCl. The summed E-state index contributed by atoms with van der Waals surface area (Å²) in [6, 6.07) is 0. The van der Waals surface area contributed by atoms with Gasteiger partial charge in [0, 0.05) is 5.88 Å². The highest BCUT2D eigenvalue weighted by Gasteiger charge is 2.02. The Kier molecular flexibility index (Phi) is 7.15. The molecule has 0 aliphatic carbocycles. The van der Waals surface area contributed by atoms with Crippen molar-refractivity contribution in [2.45, 2.75) is 46.5 Å². The van der Waals surface area contributed by atoms with Gasteiger partial charge in [-0.15, -0.1) is 11.6 Å². The lowest BCUT2D eigenvalue weighted by Gasteiger charge is -2.10. The average Bonchev–Trinajstić information content (AvgIpc) is 2.04. The van der Waals surface area contributed by atoms with Gasteiger partial charge in [0.05, 0.1) is 0 Å². The monoisotopic (exact) mass is 176 g/mol. The molecule has 0 nitrogen and oxygen atoms in total. The van der Waals surface area contributed by atoms with E-state index in [4.69, 9.17) is 11.6 Å². The molecular formula is C10H21Cl. The van der Waals surface area contributed by atoms with E-state index in [1.807, 2.05) is 0 Å². The molecule has 0 amide bonds. The zero-order valence-corrected chi connectivity index (χ0v) is 8.82. The molecule has 0 N–H and O–H groups in total. The molecule has 68 valence electrons. The van der Waals surface area contributed by atoms with E-state index < -0.39 is 0 Å². The summed E-state index contributed by atoms with van der Waals surface area (Å²) in [4.78, 5) is 0. The highest BCUT2D eigenvalue weighted by atomic mass is 35.5. The van der Waals surface area contributed by atoms with Crippen molar-refractivity contribution in [2.24, 2.45) is 11.8 Å². The molecule has 0 radical (unpaired) electrons. The van der Waals surface area contributed by atoms with Gasteiger partial charge in [0.2, 0.25) is 0 Å². The number of halogens is 1. The van der Waals surface area contributed by atoms with Gasteiger partial charge < -0.3 is 0 Å². The zero-order chi connectivity index (χ0) is 8.69. The standard InChI is InChI=1S/C10H21Cl/c1-4-9(2)6-5-7-10(3)8-11/h9-10H,4-8H2,1-3H3/t9-,10+/m1/s1. The third-order valence-electron chi connectivity index (χ3n) is 2.35. The molecule has 0 spiro atoms. The molecule has 0 unspecified atom stereocenters. The topological polar surface area (TPSA) is 0 Å². The van der Waals surface area contributed by atoms with Crippen LogP contribution in [0.1, 0.15) is 46.5 Å². The summed E-state index contributed by atoms with van der Waals surface area (Å²) >= 11 is 5.70. The molecule has 0 saturated carbocycles. The summed E-state index contributed by atoms with van der Waals surface area (Å²) in [7, 11) is 0. The molecule has 11 heavy (non-hydrogen) atoms. The summed E-state index contributed by atoms with van der Waals surface area (Å²) in [6.07, 6.45) is 5.34. The molecule has 0 bridgehead atoms. The van der Waals surface area contributed by atoms with Gasteiger partial charge in [-0.3, -0.25) is 0 Å². The fraction of sp³-hybridized carbons (Fsp3) is 1.00. The molecule has 0 aromatic carbocycles. The smallest absolute Gasteiger partial charge is 0.0249 e. The van der Waals surface area contributed by atoms with Crippen LogP contribution in [-0.2, 0) is 0 Å². The minimum absolute atomic E-state index is 0.709. The summed E-state index contributed by atoms with van der Waals surface area (Å²) in [5.41, 5.74) is 0. The maximum atomic E-state index is 5.70. The fourth-order valence-electron chi connectivity index (χ4n) is 1.10. The van der Waals surface area contributed by atoms with Crippen LogP contribution in [0.3, 0.4) is 0 Å². The third-order valence-corrected chi connectivity index (χ3v) is 2.88. The van der Waals surface area contributed by atoms with E-state index in [-0.39, 0.29) is 0 Å². The van der Waals surface area contributed by atoms with E-state index in [0.717, 1.165) is 11.8 Å². The molecule has 0 aliphatic rings. The zero-order valence-electron chi connectivity index (χ0n) is 8.07. The molecule has 0 aromatic heterocycles. The van der Waals surface area contributed by atoms with Crippen LogP contribution in [-0.4, -0.2) is 5.88 Å². The Morgan fingerprint density at radius 3 is 2.09 bits per heavy atom. The van der Waals surface area contributed by atoms with Gasteiger partial charge in [-0.25, -0.2) is 0 Å². The Hall–Kier alpha value is 0.290. The van der Waals surface area contributed by atoms with Crippen LogP contribution in [0.4, 0.5) is 0 Å². The number of rotatable bonds is 6. The first-order valence-corrected chi connectivity index (χ1v) is 5.30. The van der Waals surface area contributed by atoms with Gasteiger partial charge in [0.25, 0.3) is 0 Å². The van der Waals surface area contributed by atoms with Gasteiger partial charge in [0.1, 0.15) is 0 Å². The van der Waals surface area contributed by atoms with Crippen molar-refractivity contribution in [3.63, 3.8) is 0 Å². The number of hydrogen-bond donors (Lipinski definition) is 0. The second-order valence-electron chi connectivity index (χ2n) is 3.70. The lowest BCUT2D eigenvalue weighted by atomic mass is 9.98. The van der Waals surface area contributed by atoms with Crippen LogP contribution in [0.25, 0.3) is 0 Å². The average molecular weight is 177 g/mol. The maximum absolute atomic E-state index is 5.70. The van der Waals surface area contributed by atoms with E-state index in [2.05, 4.69) is 20.8 Å². The van der Waals surface area contributed by atoms with Crippen molar-refractivity contribution < 1.29 is 0 Å². The van der Waals surface area contributed by atoms with Crippen molar-refractivity contribution >= 4 is 11.6 Å². The van der Waals surface area contributed by atoms with Crippen LogP contribution < -0.4 is 0 Å². The predicted octanol–water partition coefficient (Wildman–Crippen LogP) is 4.08. The largest absolute Gasteiger partial charge is 0.126 e. The first-order valence-electron chi connectivity index (χ1n) is 4.76. The molecule has 1 heteroatoms. The van der Waals surface area contributed by atoms with Crippen molar-refractivity contribution in [3.8, 4) is 0 Å². The summed E-state index contributed by atoms with van der Waals surface area (Å²) in [5.74, 6) is 2.43. The lowest BCUT2D eigenvalue weighted by Crippen LogP contribution is -1.98. The number of hydrogen-bond acceptors (Lipinski definition) is 0. The minimum Gasteiger partial charge on any atom is -0.126 e. The second kappa shape index (κ2) is 6.97. The van der Waals surface area contributed by atoms with Crippen molar-refractivity contribution in [1.82, 2.24) is 0 Å². The molecule has 2 atom stereocenters. The predicted molar refractivity (Wildman–Crippen MR) is 53.2 cm³/mol. The Morgan fingerprint density at radius 2 is 1.64 bits per heavy atom. The van der Waals surface area contributed by atoms with Crippen LogP contribution in [0, 0.1) is 11.8 Å². The Balaban J connectivity index is 3.13. The van der Waals surface area contributed by atoms with Crippen LogP contribution in [0.15, 0.2) is 0 Å². The van der Waals surface area contributed by atoms with E-state index in [9.17, 15) is 0 Å². The third kappa shape index (κ3) is 6.68.